The van der Waals surface area contributed by atoms with Crippen LogP contribution in [0.15, 0.2) is 0 Å². The van der Waals surface area contributed by atoms with E-state index in [1.807, 2.05) is 0 Å². The van der Waals surface area contributed by atoms with Gasteiger partial charge >= 0.3 is 0 Å². The van der Waals surface area contributed by atoms with Gasteiger partial charge in [-0.3, -0.25) is 4.90 Å². The van der Waals surface area contributed by atoms with Crippen molar-refractivity contribution in [1.29, 1.82) is 0 Å². The molecule has 16 heavy (non-hydrogen) atoms. The molecule has 94 valence electrons. The largest absolute Gasteiger partial charge is 0.317 e. The lowest BCUT2D eigenvalue weighted by molar-refractivity contribution is 0.0905. The van der Waals surface area contributed by atoms with Gasteiger partial charge in [-0.1, -0.05) is 6.92 Å². The Morgan fingerprint density at radius 3 is 2.75 bits per heavy atom. The Hall–Kier alpha value is 0.270. The smallest absolute Gasteiger partial charge is 0.0158 e. The maximum absolute atomic E-state index is 3.50. The first-order valence-electron chi connectivity index (χ1n) is 6.78. The zero-order chi connectivity index (χ0) is 11.4. The van der Waals surface area contributed by atoms with Gasteiger partial charge in [-0.15, -0.1) is 0 Å². The van der Waals surface area contributed by atoms with Crippen LogP contribution in [0.25, 0.3) is 0 Å². The first kappa shape index (κ1) is 12.7. The summed E-state index contributed by atoms with van der Waals surface area (Å²) in [7, 11) is 0. The van der Waals surface area contributed by atoms with Crippen molar-refractivity contribution in [3.63, 3.8) is 0 Å². The van der Waals surface area contributed by atoms with Crippen LogP contribution in [0.4, 0.5) is 0 Å². The van der Waals surface area contributed by atoms with Gasteiger partial charge in [-0.25, -0.2) is 0 Å². The third-order valence-corrected chi connectivity index (χ3v) is 5.65. The second-order valence-electron chi connectivity index (χ2n) is 5.50. The van der Waals surface area contributed by atoms with E-state index in [0.717, 1.165) is 6.04 Å². The fraction of sp³-hybridized carbons (Fsp3) is 1.00. The van der Waals surface area contributed by atoms with Crippen LogP contribution in [-0.4, -0.2) is 48.6 Å². The van der Waals surface area contributed by atoms with E-state index in [9.17, 15) is 0 Å². The summed E-state index contributed by atoms with van der Waals surface area (Å²) in [5.41, 5.74) is 0.613. The van der Waals surface area contributed by atoms with Gasteiger partial charge < -0.3 is 5.32 Å². The molecule has 1 N–H and O–H groups in total. The fourth-order valence-electron chi connectivity index (χ4n) is 3.01. The minimum atomic E-state index is 0.613. The molecular formula is C13H26N2S. The lowest BCUT2D eigenvalue weighted by atomic mass is 9.76. The van der Waals surface area contributed by atoms with Gasteiger partial charge in [0.25, 0.3) is 0 Å². The molecule has 2 aliphatic rings. The molecule has 1 unspecified atom stereocenters. The topological polar surface area (TPSA) is 15.3 Å². The number of hydrogen-bond acceptors (Lipinski definition) is 3. The summed E-state index contributed by atoms with van der Waals surface area (Å²) in [6.07, 6.45) is 4.10. The van der Waals surface area contributed by atoms with Crippen LogP contribution in [0.5, 0.6) is 0 Å². The number of hydrogen-bond donors (Lipinski definition) is 1. The van der Waals surface area contributed by atoms with Crippen molar-refractivity contribution in [2.75, 3.05) is 37.7 Å². The summed E-state index contributed by atoms with van der Waals surface area (Å²) in [6, 6.07) is 0.789. The van der Waals surface area contributed by atoms with Gasteiger partial charge in [-0.2, -0.15) is 11.8 Å². The van der Waals surface area contributed by atoms with Crippen molar-refractivity contribution >= 4 is 11.8 Å². The molecule has 0 aromatic carbocycles. The molecule has 0 saturated carbocycles. The molecule has 2 nitrogen and oxygen atoms in total. The minimum Gasteiger partial charge on any atom is -0.317 e. The van der Waals surface area contributed by atoms with E-state index in [1.165, 1.54) is 56.9 Å². The number of thioether (sulfide) groups is 1. The van der Waals surface area contributed by atoms with Gasteiger partial charge in [0.2, 0.25) is 0 Å². The van der Waals surface area contributed by atoms with Crippen molar-refractivity contribution in [2.24, 2.45) is 5.41 Å². The van der Waals surface area contributed by atoms with Crippen LogP contribution in [0.1, 0.15) is 33.1 Å². The highest BCUT2D eigenvalue weighted by molar-refractivity contribution is 7.99. The van der Waals surface area contributed by atoms with Crippen LogP contribution in [0.3, 0.4) is 0 Å². The van der Waals surface area contributed by atoms with Gasteiger partial charge in [0, 0.05) is 30.6 Å². The highest BCUT2D eigenvalue weighted by atomic mass is 32.2. The van der Waals surface area contributed by atoms with Gasteiger partial charge in [0.1, 0.15) is 0 Å². The van der Waals surface area contributed by atoms with Crippen molar-refractivity contribution in [3.8, 4) is 0 Å². The van der Waals surface area contributed by atoms with Crippen LogP contribution in [0, 0.1) is 5.41 Å². The highest BCUT2D eigenvalue weighted by Crippen LogP contribution is 2.34. The Kier molecular flexibility index (Phi) is 4.57. The Morgan fingerprint density at radius 1 is 1.38 bits per heavy atom. The summed E-state index contributed by atoms with van der Waals surface area (Å²) in [5, 5.41) is 3.50. The highest BCUT2D eigenvalue weighted by Gasteiger charge is 2.34. The summed E-state index contributed by atoms with van der Waals surface area (Å²) < 4.78 is 0. The van der Waals surface area contributed by atoms with Crippen molar-refractivity contribution in [1.82, 2.24) is 10.2 Å². The zero-order valence-corrected chi connectivity index (χ0v) is 11.6. The summed E-state index contributed by atoms with van der Waals surface area (Å²) >= 11 is 2.12. The summed E-state index contributed by atoms with van der Waals surface area (Å²) in [4.78, 5) is 2.74. The molecule has 2 heterocycles. The molecule has 1 atom stereocenters. The lowest BCUT2D eigenvalue weighted by Crippen LogP contribution is -2.49. The van der Waals surface area contributed by atoms with E-state index in [1.54, 1.807) is 0 Å². The molecule has 2 aliphatic heterocycles. The molecule has 2 fully saturated rings. The molecule has 0 aromatic rings. The van der Waals surface area contributed by atoms with Gasteiger partial charge in [-0.05, 0) is 44.7 Å². The number of nitrogens with one attached hydrogen (secondary N) is 1. The molecular weight excluding hydrogens is 216 g/mol. The first-order chi connectivity index (χ1) is 7.76. The maximum Gasteiger partial charge on any atom is 0.0158 e. The quantitative estimate of drug-likeness (QED) is 0.817. The van der Waals surface area contributed by atoms with Crippen molar-refractivity contribution in [3.05, 3.63) is 0 Å². The molecule has 0 aromatic heterocycles. The SMILES string of the molecule is CCC1(CN2CCSCC2C)CCNCC1. The van der Waals surface area contributed by atoms with Crippen LogP contribution >= 0.6 is 11.8 Å². The predicted octanol–water partition coefficient (Wildman–Crippen LogP) is 2.20. The lowest BCUT2D eigenvalue weighted by Gasteiger charge is -2.44. The molecule has 0 spiro atoms. The minimum absolute atomic E-state index is 0.613. The maximum atomic E-state index is 3.50. The second kappa shape index (κ2) is 5.74. The Balaban J connectivity index is 1.93. The number of piperidine rings is 1. The molecule has 0 aliphatic carbocycles. The van der Waals surface area contributed by atoms with E-state index < -0.39 is 0 Å². The third kappa shape index (κ3) is 2.93. The van der Waals surface area contributed by atoms with Crippen molar-refractivity contribution < 1.29 is 0 Å². The zero-order valence-electron chi connectivity index (χ0n) is 10.8. The standard InChI is InChI=1S/C13H26N2S/c1-3-13(4-6-14-7-5-13)11-15-8-9-16-10-12(15)2/h12,14H,3-11H2,1-2H3. The Morgan fingerprint density at radius 2 is 2.12 bits per heavy atom. The van der Waals surface area contributed by atoms with E-state index in [4.69, 9.17) is 0 Å². The average molecular weight is 242 g/mol. The molecule has 3 heteroatoms. The van der Waals surface area contributed by atoms with Crippen LogP contribution < -0.4 is 5.32 Å². The summed E-state index contributed by atoms with van der Waals surface area (Å²) in [5.74, 6) is 2.67. The van der Waals surface area contributed by atoms with Crippen LogP contribution in [-0.2, 0) is 0 Å². The number of nitrogens with zero attached hydrogens (tertiary/aromatic N) is 1. The van der Waals surface area contributed by atoms with Crippen molar-refractivity contribution in [2.45, 2.75) is 39.2 Å². The van der Waals surface area contributed by atoms with E-state index in [2.05, 4.69) is 35.8 Å². The van der Waals surface area contributed by atoms with E-state index >= 15 is 0 Å². The van der Waals surface area contributed by atoms with Gasteiger partial charge in [0.15, 0.2) is 0 Å². The normalized spacial score (nSPS) is 31.5. The number of rotatable bonds is 3. The third-order valence-electron chi connectivity index (χ3n) is 4.46. The molecule has 0 bridgehead atoms. The molecule has 2 saturated heterocycles. The average Bonchev–Trinajstić information content (AvgIpc) is 2.33. The molecule has 2 rings (SSSR count). The van der Waals surface area contributed by atoms with Crippen LogP contribution in [0.2, 0.25) is 0 Å². The van der Waals surface area contributed by atoms with E-state index in [-0.39, 0.29) is 0 Å². The van der Waals surface area contributed by atoms with Gasteiger partial charge in [0.05, 0.1) is 0 Å². The Labute approximate surface area is 105 Å². The molecule has 0 amide bonds. The monoisotopic (exact) mass is 242 g/mol. The summed E-state index contributed by atoms with van der Waals surface area (Å²) in [6.45, 7) is 9.88. The second-order valence-corrected chi connectivity index (χ2v) is 6.65. The molecule has 0 radical (unpaired) electrons. The predicted molar refractivity (Wildman–Crippen MR) is 73.2 cm³/mol. The first-order valence-corrected chi connectivity index (χ1v) is 7.94. The van der Waals surface area contributed by atoms with E-state index in [0.29, 0.717) is 5.41 Å². The fourth-order valence-corrected chi connectivity index (χ4v) is 4.09. The Bertz CT molecular complexity index is 214.